The number of anilines is 2. The molecular weight excluding hydrogens is 398 g/mol. The minimum Gasteiger partial charge on any atom is -0.497 e. The normalized spacial score (nSPS) is 15.0. The van der Waals surface area contributed by atoms with Gasteiger partial charge in [0.2, 0.25) is 5.91 Å². The number of ether oxygens (including phenoxy) is 1. The highest BCUT2D eigenvalue weighted by Gasteiger charge is 2.27. The van der Waals surface area contributed by atoms with Gasteiger partial charge in [0, 0.05) is 57.1 Å². The van der Waals surface area contributed by atoms with Crippen molar-refractivity contribution in [1.29, 1.82) is 5.26 Å². The first-order valence-corrected chi connectivity index (χ1v) is 9.99. The molecule has 1 aromatic heterocycles. The molecule has 9 nitrogen and oxygen atoms in total. The van der Waals surface area contributed by atoms with Gasteiger partial charge in [0.1, 0.15) is 17.6 Å². The molecule has 1 atom stereocenters. The lowest BCUT2D eigenvalue weighted by Crippen LogP contribution is -2.49. The Morgan fingerprint density at radius 3 is 2.71 bits per heavy atom. The lowest BCUT2D eigenvalue weighted by Gasteiger charge is -2.36. The molecule has 9 heteroatoms. The number of aromatic nitrogens is 1. The molecule has 162 valence electrons. The van der Waals surface area contributed by atoms with Crippen molar-refractivity contribution in [3.8, 4) is 11.8 Å². The Labute approximate surface area is 180 Å². The summed E-state index contributed by atoms with van der Waals surface area (Å²) in [6, 6.07) is 12.5. The monoisotopic (exact) mass is 423 g/mol. The zero-order chi connectivity index (χ0) is 22.2. The first kappa shape index (κ1) is 22.1. The molecule has 31 heavy (non-hydrogen) atoms. The molecule has 0 saturated carbocycles. The number of methoxy groups -OCH3 is 1. The largest absolute Gasteiger partial charge is 0.497 e. The minimum atomic E-state index is -1.00. The number of carbonyl (C=O) groups is 2. The summed E-state index contributed by atoms with van der Waals surface area (Å²) in [6.07, 6.45) is 1.54. The Balaban J connectivity index is 1.54. The van der Waals surface area contributed by atoms with Gasteiger partial charge in [-0.3, -0.25) is 14.5 Å². The number of nitrogens with zero attached hydrogens (tertiary/aromatic N) is 4. The molecule has 0 bridgehead atoms. The summed E-state index contributed by atoms with van der Waals surface area (Å²) >= 11 is 0. The van der Waals surface area contributed by atoms with Crippen LogP contribution in [0.15, 0.2) is 42.6 Å². The van der Waals surface area contributed by atoms with Crippen LogP contribution in [-0.4, -0.2) is 66.7 Å². The van der Waals surface area contributed by atoms with Crippen LogP contribution in [0, 0.1) is 17.2 Å². The van der Waals surface area contributed by atoms with Crippen molar-refractivity contribution in [1.82, 2.24) is 9.88 Å². The number of aliphatic carboxylic acids is 1. The van der Waals surface area contributed by atoms with Crippen molar-refractivity contribution in [2.45, 2.75) is 6.42 Å². The topological polar surface area (TPSA) is 119 Å². The van der Waals surface area contributed by atoms with Crippen LogP contribution in [0.3, 0.4) is 0 Å². The summed E-state index contributed by atoms with van der Waals surface area (Å²) in [5.74, 6) is -0.914. The summed E-state index contributed by atoms with van der Waals surface area (Å²) in [4.78, 5) is 32.5. The molecule has 0 spiro atoms. The maximum Gasteiger partial charge on any atom is 0.308 e. The van der Waals surface area contributed by atoms with E-state index in [0.29, 0.717) is 49.0 Å². The van der Waals surface area contributed by atoms with Crippen LogP contribution in [0.25, 0.3) is 0 Å². The first-order valence-electron chi connectivity index (χ1n) is 9.99. The van der Waals surface area contributed by atoms with Crippen molar-refractivity contribution >= 4 is 23.4 Å². The maximum absolute atomic E-state index is 12.4. The van der Waals surface area contributed by atoms with E-state index >= 15 is 0 Å². The molecule has 0 aliphatic carbocycles. The van der Waals surface area contributed by atoms with Crippen molar-refractivity contribution in [2.24, 2.45) is 5.92 Å². The molecule has 1 aliphatic rings. The second kappa shape index (κ2) is 10.4. The fourth-order valence-electron chi connectivity index (χ4n) is 3.56. The smallest absolute Gasteiger partial charge is 0.308 e. The van der Waals surface area contributed by atoms with Crippen molar-refractivity contribution in [3.05, 3.63) is 48.2 Å². The van der Waals surface area contributed by atoms with E-state index in [4.69, 9.17) is 4.74 Å². The average molecular weight is 423 g/mol. The van der Waals surface area contributed by atoms with E-state index in [1.807, 2.05) is 9.80 Å². The van der Waals surface area contributed by atoms with Gasteiger partial charge in [-0.05, 0) is 24.3 Å². The molecule has 2 N–H and O–H groups in total. The van der Waals surface area contributed by atoms with E-state index in [0.717, 1.165) is 0 Å². The zero-order valence-electron chi connectivity index (χ0n) is 17.3. The number of carboxylic acids is 1. The number of benzene rings is 1. The van der Waals surface area contributed by atoms with Gasteiger partial charge < -0.3 is 20.1 Å². The van der Waals surface area contributed by atoms with Gasteiger partial charge in [-0.15, -0.1) is 0 Å². The van der Waals surface area contributed by atoms with E-state index in [2.05, 4.69) is 16.4 Å². The van der Waals surface area contributed by atoms with Gasteiger partial charge in [-0.1, -0.05) is 6.07 Å². The number of piperazine rings is 1. The summed E-state index contributed by atoms with van der Waals surface area (Å²) < 4.78 is 5.13. The molecular formula is C22H25N5O4. The third-order valence-corrected chi connectivity index (χ3v) is 5.19. The maximum atomic E-state index is 12.4. The second-order valence-corrected chi connectivity index (χ2v) is 7.29. The Hall–Kier alpha value is -3.64. The Morgan fingerprint density at radius 2 is 2.03 bits per heavy atom. The summed E-state index contributed by atoms with van der Waals surface area (Å²) in [6.45, 7) is 2.80. The summed E-state index contributed by atoms with van der Waals surface area (Å²) in [7, 11) is 1.54. The lowest BCUT2D eigenvalue weighted by atomic mass is 10.0. The molecule has 1 fully saturated rings. The average Bonchev–Trinajstić information content (AvgIpc) is 2.79. The van der Waals surface area contributed by atoms with Gasteiger partial charge in [0.05, 0.1) is 18.6 Å². The highest BCUT2D eigenvalue weighted by atomic mass is 16.5. The third kappa shape index (κ3) is 5.93. The van der Waals surface area contributed by atoms with Crippen LogP contribution >= 0.6 is 0 Å². The number of hydrogen-bond acceptors (Lipinski definition) is 7. The standard InChI is InChI=1S/C22H25N5O4/c1-31-19-6-2-5-18(13-19)25-20(28)12-17(22(29)30)15-26-8-10-27(11-9-26)21-16(14-23)4-3-7-24-21/h2-7,13,17H,8-12,15H2,1H3,(H,25,28)(H,29,30)/t17-/m0/s1. The highest BCUT2D eigenvalue weighted by Crippen LogP contribution is 2.20. The Kier molecular flexibility index (Phi) is 7.40. The molecule has 1 aliphatic heterocycles. The number of hydrogen-bond donors (Lipinski definition) is 2. The number of carboxylic acid groups (broad SMARTS) is 1. The molecule has 2 aromatic rings. The lowest BCUT2D eigenvalue weighted by molar-refractivity contribution is -0.144. The molecule has 1 amide bonds. The Bertz CT molecular complexity index is 966. The van der Waals surface area contributed by atoms with E-state index in [9.17, 15) is 20.0 Å². The minimum absolute atomic E-state index is 0.119. The molecule has 0 unspecified atom stereocenters. The van der Waals surface area contributed by atoms with Gasteiger partial charge in [0.15, 0.2) is 0 Å². The quantitative estimate of drug-likeness (QED) is 0.660. The number of amides is 1. The predicted octanol–water partition coefficient (Wildman–Crippen LogP) is 1.81. The van der Waals surface area contributed by atoms with Crippen LogP contribution < -0.4 is 15.0 Å². The highest BCUT2D eigenvalue weighted by molar-refractivity contribution is 5.93. The zero-order valence-corrected chi connectivity index (χ0v) is 17.3. The predicted molar refractivity (Wildman–Crippen MR) is 115 cm³/mol. The fourth-order valence-corrected chi connectivity index (χ4v) is 3.56. The van der Waals surface area contributed by atoms with Gasteiger partial charge >= 0.3 is 5.97 Å². The number of nitriles is 1. The van der Waals surface area contributed by atoms with Gasteiger partial charge in [-0.25, -0.2) is 4.98 Å². The fraction of sp³-hybridized carbons (Fsp3) is 0.364. The Morgan fingerprint density at radius 1 is 1.26 bits per heavy atom. The summed E-state index contributed by atoms with van der Waals surface area (Å²) in [5, 5.41) is 21.6. The third-order valence-electron chi connectivity index (χ3n) is 5.19. The second-order valence-electron chi connectivity index (χ2n) is 7.29. The molecule has 1 saturated heterocycles. The van der Waals surface area contributed by atoms with E-state index in [-0.39, 0.29) is 18.9 Å². The molecule has 2 heterocycles. The number of nitrogens with one attached hydrogen (secondary N) is 1. The SMILES string of the molecule is COc1cccc(NC(=O)C[C@@H](CN2CCN(c3ncccc3C#N)CC2)C(=O)O)c1. The number of rotatable bonds is 8. The van der Waals surface area contributed by atoms with Crippen LogP contribution in [-0.2, 0) is 9.59 Å². The van der Waals surface area contributed by atoms with Crippen molar-refractivity contribution in [2.75, 3.05) is 50.1 Å². The van der Waals surface area contributed by atoms with Crippen LogP contribution in [0.4, 0.5) is 11.5 Å². The van der Waals surface area contributed by atoms with E-state index < -0.39 is 11.9 Å². The number of carbonyl (C=O) groups excluding carboxylic acids is 1. The van der Waals surface area contributed by atoms with Crippen LogP contribution in [0.5, 0.6) is 5.75 Å². The van der Waals surface area contributed by atoms with Crippen LogP contribution in [0.2, 0.25) is 0 Å². The molecule has 0 radical (unpaired) electrons. The van der Waals surface area contributed by atoms with Crippen LogP contribution in [0.1, 0.15) is 12.0 Å². The molecule has 1 aromatic carbocycles. The van der Waals surface area contributed by atoms with Gasteiger partial charge in [0.25, 0.3) is 0 Å². The van der Waals surface area contributed by atoms with E-state index in [1.165, 1.54) is 7.11 Å². The first-order chi connectivity index (χ1) is 15.0. The van der Waals surface area contributed by atoms with Gasteiger partial charge in [-0.2, -0.15) is 5.26 Å². The molecule has 3 rings (SSSR count). The number of pyridine rings is 1. The van der Waals surface area contributed by atoms with Crippen molar-refractivity contribution < 1.29 is 19.4 Å². The van der Waals surface area contributed by atoms with Crippen molar-refractivity contribution in [3.63, 3.8) is 0 Å². The van der Waals surface area contributed by atoms with E-state index in [1.54, 1.807) is 42.6 Å². The summed E-state index contributed by atoms with van der Waals surface area (Å²) in [5.41, 5.74) is 1.08.